The number of likely N-dealkylation sites (tertiary alicyclic amines) is 1. The van der Waals surface area contributed by atoms with Crippen LogP contribution in [0.25, 0.3) is 11.0 Å². The van der Waals surface area contributed by atoms with Gasteiger partial charge >= 0.3 is 0 Å². The molecule has 3 aromatic rings. The molecular weight excluding hydrogens is 522 g/mol. The number of nitrogens with zero attached hydrogens (tertiary/aromatic N) is 4. The number of nitrogens with one attached hydrogen (secondary N) is 1. The molecule has 3 fully saturated rings. The highest BCUT2D eigenvalue weighted by atomic mass is 16.5. The first kappa shape index (κ1) is 27.5. The zero-order valence-corrected chi connectivity index (χ0v) is 23.2. The normalized spacial score (nSPS) is 24.3. The number of pyridine rings is 1. The summed E-state index contributed by atoms with van der Waals surface area (Å²) in [6.07, 6.45) is 6.94. The van der Waals surface area contributed by atoms with Crippen molar-refractivity contribution in [3.8, 4) is 0 Å². The number of hydrogen-bond donors (Lipinski definition) is 2. The Labute approximate surface area is 238 Å². The average molecular weight is 560 g/mol. The number of benzene rings is 1. The molecule has 10 heteroatoms. The molecule has 1 unspecified atom stereocenters. The molecule has 0 spiro atoms. The fourth-order valence-corrected chi connectivity index (χ4v) is 6.56. The third kappa shape index (κ3) is 5.90. The molecule has 4 heterocycles. The Bertz CT molecular complexity index is 1460. The van der Waals surface area contributed by atoms with E-state index in [1.807, 2.05) is 23.1 Å². The first-order valence-electron chi connectivity index (χ1n) is 14.7. The van der Waals surface area contributed by atoms with Gasteiger partial charge in [0, 0.05) is 25.6 Å². The van der Waals surface area contributed by atoms with Crippen LogP contribution in [0.4, 0.5) is 5.82 Å². The number of aliphatic hydroxyl groups is 1. The van der Waals surface area contributed by atoms with Crippen molar-refractivity contribution in [2.24, 2.45) is 11.8 Å². The number of carbonyl (C=O) groups is 2. The van der Waals surface area contributed by atoms with Gasteiger partial charge in [0.25, 0.3) is 5.56 Å². The summed E-state index contributed by atoms with van der Waals surface area (Å²) in [7, 11) is 0. The summed E-state index contributed by atoms with van der Waals surface area (Å²) in [6.45, 7) is 1.89. The van der Waals surface area contributed by atoms with Gasteiger partial charge in [-0.25, -0.2) is 9.97 Å². The van der Waals surface area contributed by atoms with E-state index in [1.165, 1.54) is 16.5 Å². The van der Waals surface area contributed by atoms with Crippen molar-refractivity contribution in [3.05, 3.63) is 64.7 Å². The highest BCUT2D eigenvalue weighted by Gasteiger charge is 2.39. The summed E-state index contributed by atoms with van der Waals surface area (Å²) in [6, 6.07) is 13.6. The van der Waals surface area contributed by atoms with Gasteiger partial charge in [-0.2, -0.15) is 0 Å². The minimum Gasteiger partial charge on any atom is -0.388 e. The molecule has 41 heavy (non-hydrogen) atoms. The summed E-state index contributed by atoms with van der Waals surface area (Å²) in [5.74, 6) is 0.242. The molecule has 216 valence electrons. The van der Waals surface area contributed by atoms with Gasteiger partial charge in [0.05, 0.1) is 36.5 Å². The van der Waals surface area contributed by atoms with Crippen molar-refractivity contribution >= 4 is 28.7 Å². The van der Waals surface area contributed by atoms with Crippen LogP contribution >= 0.6 is 0 Å². The van der Waals surface area contributed by atoms with Gasteiger partial charge in [-0.15, -0.1) is 0 Å². The maximum Gasteiger partial charge on any atom is 0.280 e. The summed E-state index contributed by atoms with van der Waals surface area (Å²) < 4.78 is 6.67. The quantitative estimate of drug-likeness (QED) is 0.475. The lowest BCUT2D eigenvalue weighted by atomic mass is 9.74. The third-order valence-electron chi connectivity index (χ3n) is 9.01. The molecule has 2 N–H and O–H groups in total. The van der Waals surface area contributed by atoms with E-state index in [0.29, 0.717) is 51.1 Å². The van der Waals surface area contributed by atoms with E-state index in [1.54, 1.807) is 12.1 Å². The van der Waals surface area contributed by atoms with Crippen LogP contribution in [0.1, 0.15) is 56.4 Å². The molecule has 2 saturated heterocycles. The number of hydrogen-bond acceptors (Lipinski definition) is 7. The van der Waals surface area contributed by atoms with E-state index >= 15 is 0 Å². The second kappa shape index (κ2) is 11.7. The SMILES string of the molecule is O=C(Nc1ccc2ncn(CC3(O)CCN(C(=O)[C@@H]4CCCC[C@H]4c4ccccc4)CC3)c(=O)c2n1)C1CCOC1. The van der Waals surface area contributed by atoms with E-state index in [-0.39, 0.29) is 53.0 Å². The molecule has 6 rings (SSSR count). The van der Waals surface area contributed by atoms with Gasteiger partial charge in [0.15, 0.2) is 5.52 Å². The summed E-state index contributed by atoms with van der Waals surface area (Å²) in [5.41, 5.74) is 0.256. The zero-order chi connectivity index (χ0) is 28.4. The Balaban J connectivity index is 1.12. The van der Waals surface area contributed by atoms with Gasteiger partial charge in [0.2, 0.25) is 11.8 Å². The molecule has 0 bridgehead atoms. The van der Waals surface area contributed by atoms with Crippen LogP contribution in [-0.4, -0.2) is 68.3 Å². The Kier molecular flexibility index (Phi) is 7.86. The Hall–Kier alpha value is -3.63. The molecule has 1 aromatic carbocycles. The van der Waals surface area contributed by atoms with Gasteiger partial charge in [0.1, 0.15) is 5.82 Å². The number of piperidine rings is 1. The predicted molar refractivity (Wildman–Crippen MR) is 153 cm³/mol. The maximum atomic E-state index is 13.6. The van der Waals surface area contributed by atoms with Gasteiger partial charge < -0.3 is 20.1 Å². The number of ether oxygens (including phenoxy) is 1. The fraction of sp³-hybridized carbons (Fsp3) is 0.516. The van der Waals surface area contributed by atoms with E-state index < -0.39 is 5.60 Å². The highest BCUT2D eigenvalue weighted by molar-refractivity contribution is 5.92. The highest BCUT2D eigenvalue weighted by Crippen LogP contribution is 2.39. The van der Waals surface area contributed by atoms with Crippen LogP contribution in [0.3, 0.4) is 0 Å². The number of amides is 2. The topological polar surface area (TPSA) is 127 Å². The van der Waals surface area contributed by atoms with E-state index in [9.17, 15) is 19.5 Å². The first-order chi connectivity index (χ1) is 19.9. The minimum atomic E-state index is -1.14. The number of aromatic nitrogens is 3. The second-order valence-corrected chi connectivity index (χ2v) is 11.7. The van der Waals surface area contributed by atoms with Crippen LogP contribution < -0.4 is 10.9 Å². The molecule has 3 atom stereocenters. The summed E-state index contributed by atoms with van der Waals surface area (Å²) in [5, 5.41) is 14.2. The van der Waals surface area contributed by atoms with Crippen LogP contribution in [-0.2, 0) is 20.9 Å². The molecular formula is C31H37N5O5. The van der Waals surface area contributed by atoms with Crippen LogP contribution in [0.2, 0.25) is 0 Å². The molecule has 1 aliphatic carbocycles. The summed E-state index contributed by atoms with van der Waals surface area (Å²) >= 11 is 0. The smallest absolute Gasteiger partial charge is 0.280 e. The van der Waals surface area contributed by atoms with E-state index in [4.69, 9.17) is 4.74 Å². The standard InChI is InChI=1S/C31H37N5O5/c37-28(22-12-17-41-18-22)34-26-11-10-25-27(33-26)30(39)36(20-32-25)19-31(40)13-15-35(16-14-31)29(38)24-9-5-4-8-23(24)21-6-2-1-3-7-21/h1-3,6-7,10-11,20,22-24,40H,4-5,8-9,12-19H2,(H,33,34,37)/t22?,23-,24+/m0/s1. The largest absolute Gasteiger partial charge is 0.388 e. The molecule has 2 aromatic heterocycles. The maximum absolute atomic E-state index is 13.6. The monoisotopic (exact) mass is 559 g/mol. The molecule has 2 amide bonds. The van der Waals surface area contributed by atoms with Crippen LogP contribution in [0.15, 0.2) is 53.6 Å². The second-order valence-electron chi connectivity index (χ2n) is 11.7. The van der Waals surface area contributed by atoms with Crippen molar-refractivity contribution in [3.63, 3.8) is 0 Å². The number of rotatable bonds is 6. The fourth-order valence-electron chi connectivity index (χ4n) is 6.56. The van der Waals surface area contributed by atoms with Crippen molar-refractivity contribution in [2.45, 2.75) is 63.0 Å². The van der Waals surface area contributed by atoms with E-state index in [2.05, 4.69) is 27.4 Å². The average Bonchev–Trinajstić information content (AvgIpc) is 3.55. The van der Waals surface area contributed by atoms with Gasteiger partial charge in [-0.3, -0.25) is 19.0 Å². The Morgan fingerprint density at radius 3 is 2.59 bits per heavy atom. The molecule has 3 aliphatic rings. The van der Waals surface area contributed by atoms with Gasteiger partial charge in [-0.05, 0) is 55.7 Å². The minimum absolute atomic E-state index is 0.0355. The summed E-state index contributed by atoms with van der Waals surface area (Å²) in [4.78, 5) is 50.1. The molecule has 1 saturated carbocycles. The number of carbonyl (C=O) groups excluding carboxylic acids is 2. The molecule has 0 radical (unpaired) electrons. The lowest BCUT2D eigenvalue weighted by Crippen LogP contribution is -2.51. The van der Waals surface area contributed by atoms with Crippen LogP contribution in [0.5, 0.6) is 0 Å². The molecule has 2 aliphatic heterocycles. The number of fused-ring (bicyclic) bond motifs is 1. The predicted octanol–water partition coefficient (Wildman–Crippen LogP) is 3.09. The lowest BCUT2D eigenvalue weighted by Gasteiger charge is -2.41. The molecule has 10 nitrogen and oxygen atoms in total. The number of anilines is 1. The lowest BCUT2D eigenvalue weighted by molar-refractivity contribution is -0.142. The third-order valence-corrected chi connectivity index (χ3v) is 9.01. The van der Waals surface area contributed by atoms with Crippen molar-refractivity contribution in [2.75, 3.05) is 31.6 Å². The van der Waals surface area contributed by atoms with E-state index in [0.717, 1.165) is 25.7 Å². The first-order valence-corrected chi connectivity index (χ1v) is 14.7. The van der Waals surface area contributed by atoms with Crippen molar-refractivity contribution in [1.82, 2.24) is 19.4 Å². The Morgan fingerprint density at radius 1 is 1.05 bits per heavy atom. The van der Waals surface area contributed by atoms with Crippen molar-refractivity contribution in [1.29, 1.82) is 0 Å². The zero-order valence-electron chi connectivity index (χ0n) is 23.2. The van der Waals surface area contributed by atoms with Crippen molar-refractivity contribution < 1.29 is 19.4 Å². The van der Waals surface area contributed by atoms with Gasteiger partial charge in [-0.1, -0.05) is 43.2 Å². The van der Waals surface area contributed by atoms with Crippen LogP contribution in [0, 0.1) is 11.8 Å². The Morgan fingerprint density at radius 2 is 1.83 bits per heavy atom.